The molecule has 0 saturated carbocycles. The standard InChI is InChI=1S/C22H22N2O4S6/c23-13-15-11-17-18(12-16(15)14-24)32-21(31-17)22-33-19-20(34-22)30-10-8-28-6-4-26-2-1-25-3-5-27-7-9-29-19/h11-12H,1-10H2. The van der Waals surface area contributed by atoms with Gasteiger partial charge in [-0.05, 0) is 12.1 Å². The van der Waals surface area contributed by atoms with Crippen LogP contribution < -0.4 is 0 Å². The molecule has 34 heavy (non-hydrogen) atoms. The van der Waals surface area contributed by atoms with Crippen molar-refractivity contribution in [3.63, 3.8) is 0 Å². The molecule has 0 fully saturated rings. The molecule has 0 atom stereocenters. The van der Waals surface area contributed by atoms with Crippen molar-refractivity contribution in [1.29, 1.82) is 10.5 Å². The Hall–Kier alpha value is -0.380. The zero-order chi connectivity index (χ0) is 23.6. The van der Waals surface area contributed by atoms with Crippen LogP contribution in [0.15, 0.2) is 38.9 Å². The highest BCUT2D eigenvalue weighted by Crippen LogP contribution is 2.64. The van der Waals surface area contributed by atoms with Gasteiger partial charge in [0.15, 0.2) is 0 Å². The van der Waals surface area contributed by atoms with E-state index in [-0.39, 0.29) is 0 Å². The molecule has 0 aromatic heterocycles. The quantitative estimate of drug-likeness (QED) is 0.372. The van der Waals surface area contributed by atoms with E-state index in [9.17, 15) is 10.5 Å². The minimum atomic E-state index is 0.434. The van der Waals surface area contributed by atoms with Gasteiger partial charge in [0.1, 0.15) is 12.1 Å². The number of hydrogen-bond donors (Lipinski definition) is 0. The molecule has 3 heterocycles. The van der Waals surface area contributed by atoms with Crippen molar-refractivity contribution in [1.82, 2.24) is 0 Å². The lowest BCUT2D eigenvalue weighted by atomic mass is 10.1. The van der Waals surface area contributed by atoms with Gasteiger partial charge in [0, 0.05) is 21.3 Å². The number of rotatable bonds is 0. The molecule has 3 aliphatic heterocycles. The maximum absolute atomic E-state index is 9.35. The van der Waals surface area contributed by atoms with Crippen molar-refractivity contribution in [2.75, 3.05) is 64.4 Å². The summed E-state index contributed by atoms with van der Waals surface area (Å²) >= 11 is 10.6. The highest BCUT2D eigenvalue weighted by atomic mass is 32.3. The van der Waals surface area contributed by atoms with Crippen molar-refractivity contribution < 1.29 is 18.9 Å². The van der Waals surface area contributed by atoms with Crippen molar-refractivity contribution in [2.24, 2.45) is 0 Å². The number of nitriles is 2. The summed E-state index contributed by atoms with van der Waals surface area (Å²) in [6.45, 7) is 4.82. The van der Waals surface area contributed by atoms with E-state index in [1.807, 2.05) is 59.2 Å². The average Bonchev–Trinajstić information content (AvgIpc) is 3.45. The Kier molecular flexibility index (Phi) is 11.3. The largest absolute Gasteiger partial charge is 0.378 e. The van der Waals surface area contributed by atoms with Crippen molar-refractivity contribution in [2.45, 2.75) is 9.79 Å². The van der Waals surface area contributed by atoms with Gasteiger partial charge in [0.2, 0.25) is 0 Å². The molecule has 0 amide bonds. The Morgan fingerprint density at radius 2 is 0.912 bits per heavy atom. The third kappa shape index (κ3) is 7.56. The van der Waals surface area contributed by atoms with E-state index in [1.165, 1.54) is 16.9 Å². The zero-order valence-corrected chi connectivity index (χ0v) is 23.1. The van der Waals surface area contributed by atoms with Gasteiger partial charge in [0.05, 0.1) is 80.9 Å². The second kappa shape index (κ2) is 14.4. The Morgan fingerprint density at radius 3 is 1.32 bits per heavy atom. The van der Waals surface area contributed by atoms with Gasteiger partial charge in [-0.25, -0.2) is 0 Å². The highest BCUT2D eigenvalue weighted by molar-refractivity contribution is 8.42. The maximum Gasteiger partial charge on any atom is 0.101 e. The summed E-state index contributed by atoms with van der Waals surface area (Å²) in [5.41, 5.74) is 0.869. The van der Waals surface area contributed by atoms with Crippen molar-refractivity contribution in [3.05, 3.63) is 40.2 Å². The van der Waals surface area contributed by atoms with E-state index in [0.717, 1.165) is 21.3 Å². The fourth-order valence-electron chi connectivity index (χ4n) is 2.89. The third-order valence-corrected chi connectivity index (χ3v) is 13.0. The molecule has 0 spiro atoms. The molecule has 1 aromatic carbocycles. The first kappa shape index (κ1) is 26.7. The molecule has 1 aromatic rings. The minimum absolute atomic E-state index is 0.434. The molecule has 0 unspecified atom stereocenters. The lowest BCUT2D eigenvalue weighted by Crippen LogP contribution is -2.13. The SMILES string of the molecule is N#Cc1cc2c(cc1C#N)SC(=C1SC3=C(SCCOCCOCCOCCOCCS3)S1)S2. The molecule has 0 radical (unpaired) electrons. The number of fused-ring (bicyclic) bond motifs is 1. The predicted molar refractivity (Wildman–Crippen MR) is 145 cm³/mol. The molecule has 0 saturated heterocycles. The summed E-state index contributed by atoms with van der Waals surface area (Å²) in [5, 5.41) is 18.7. The van der Waals surface area contributed by atoms with E-state index in [2.05, 4.69) is 12.1 Å². The van der Waals surface area contributed by atoms with Crippen molar-refractivity contribution in [3.8, 4) is 12.1 Å². The Bertz CT molecular complexity index is 956. The monoisotopic (exact) mass is 570 g/mol. The van der Waals surface area contributed by atoms with E-state index in [0.29, 0.717) is 64.0 Å². The van der Waals surface area contributed by atoms with Crippen LogP contribution in [0, 0.1) is 22.7 Å². The number of nitrogens with zero attached hydrogens (tertiary/aromatic N) is 2. The summed E-state index contributed by atoms with van der Waals surface area (Å²) in [4.78, 5) is 2.09. The summed E-state index contributed by atoms with van der Waals surface area (Å²) in [7, 11) is 0. The first-order valence-electron chi connectivity index (χ1n) is 10.5. The normalized spacial score (nSPS) is 21.2. The molecule has 0 aliphatic carbocycles. The van der Waals surface area contributed by atoms with E-state index < -0.39 is 0 Å². The van der Waals surface area contributed by atoms with Crippen LogP contribution in [-0.4, -0.2) is 64.4 Å². The van der Waals surface area contributed by atoms with Crippen LogP contribution in [0.4, 0.5) is 0 Å². The van der Waals surface area contributed by atoms with Crippen LogP contribution >= 0.6 is 70.6 Å². The van der Waals surface area contributed by atoms with Gasteiger partial charge >= 0.3 is 0 Å². The predicted octanol–water partition coefficient (Wildman–Crippen LogP) is 5.91. The molecular weight excluding hydrogens is 549 g/mol. The number of thioether (sulfide) groups is 6. The smallest absolute Gasteiger partial charge is 0.101 e. The maximum atomic E-state index is 9.35. The minimum Gasteiger partial charge on any atom is -0.378 e. The Balaban J connectivity index is 1.41. The van der Waals surface area contributed by atoms with Gasteiger partial charge in [-0.15, -0.1) is 23.5 Å². The lowest BCUT2D eigenvalue weighted by molar-refractivity contribution is 0.00147. The lowest BCUT2D eigenvalue weighted by Gasteiger charge is -2.09. The van der Waals surface area contributed by atoms with Crippen molar-refractivity contribution >= 4 is 70.6 Å². The first-order chi connectivity index (χ1) is 16.8. The topological polar surface area (TPSA) is 84.5 Å². The van der Waals surface area contributed by atoms with Gasteiger partial charge < -0.3 is 18.9 Å². The van der Waals surface area contributed by atoms with Crippen LogP contribution in [0.5, 0.6) is 0 Å². The number of hydrogen-bond acceptors (Lipinski definition) is 12. The van der Waals surface area contributed by atoms with Crippen LogP contribution in [0.3, 0.4) is 0 Å². The third-order valence-electron chi connectivity index (χ3n) is 4.47. The zero-order valence-electron chi connectivity index (χ0n) is 18.2. The first-order valence-corrected chi connectivity index (χ1v) is 15.8. The fraction of sp³-hybridized carbons (Fsp3) is 0.455. The number of ether oxygens (including phenoxy) is 4. The molecular formula is C22H22N2O4S6. The number of benzene rings is 1. The van der Waals surface area contributed by atoms with Gasteiger partial charge in [-0.3, -0.25) is 0 Å². The molecule has 0 bridgehead atoms. The van der Waals surface area contributed by atoms with Gasteiger partial charge in [-0.2, -0.15) is 10.5 Å². The van der Waals surface area contributed by atoms with E-state index in [4.69, 9.17) is 18.9 Å². The summed E-state index contributed by atoms with van der Waals surface area (Å²) in [6.07, 6.45) is 0. The average molecular weight is 571 g/mol. The molecule has 6 nitrogen and oxygen atoms in total. The summed E-state index contributed by atoms with van der Waals surface area (Å²) in [6, 6.07) is 7.94. The molecule has 12 heteroatoms. The molecule has 4 rings (SSSR count). The van der Waals surface area contributed by atoms with Crippen LogP contribution in [0.1, 0.15) is 11.1 Å². The van der Waals surface area contributed by atoms with E-state index >= 15 is 0 Å². The molecule has 180 valence electrons. The van der Waals surface area contributed by atoms with Crippen LogP contribution in [-0.2, 0) is 18.9 Å². The molecule has 3 aliphatic rings. The second-order valence-electron chi connectivity index (χ2n) is 6.77. The highest BCUT2D eigenvalue weighted by Gasteiger charge is 2.30. The second-order valence-corrected chi connectivity index (χ2v) is 14.2. The fourth-order valence-corrected chi connectivity index (χ4v) is 11.4. The van der Waals surface area contributed by atoms with Gasteiger partial charge in [0.25, 0.3) is 0 Å². The summed E-state index contributed by atoms with van der Waals surface area (Å²) in [5.74, 6) is 1.76. The molecule has 0 N–H and O–H groups in total. The Labute approximate surface area is 225 Å². The van der Waals surface area contributed by atoms with E-state index in [1.54, 1.807) is 23.5 Å². The summed E-state index contributed by atoms with van der Waals surface area (Å²) < 4.78 is 27.5. The Morgan fingerprint density at radius 1 is 0.529 bits per heavy atom. The van der Waals surface area contributed by atoms with Gasteiger partial charge in [-0.1, -0.05) is 47.0 Å². The van der Waals surface area contributed by atoms with Crippen LogP contribution in [0.2, 0.25) is 0 Å². The van der Waals surface area contributed by atoms with Crippen LogP contribution in [0.25, 0.3) is 0 Å².